The molecule has 10 nitrogen and oxygen atoms in total. The van der Waals surface area contributed by atoms with Crippen molar-refractivity contribution in [2.24, 2.45) is 0 Å². The van der Waals surface area contributed by atoms with Crippen LogP contribution in [0.4, 0.5) is 4.79 Å². The third kappa shape index (κ3) is 8.54. The van der Waals surface area contributed by atoms with E-state index < -0.39 is 42.0 Å². The second-order valence-electron chi connectivity index (χ2n) is 12.4. The summed E-state index contributed by atoms with van der Waals surface area (Å²) in [5.74, 6) is 0.403. The molecule has 0 aromatic heterocycles. The fraction of sp³-hybridized carbons (Fsp3) is 0.500. The van der Waals surface area contributed by atoms with Crippen LogP contribution in [-0.4, -0.2) is 69.2 Å². The molecule has 1 atom stereocenters. The van der Waals surface area contributed by atoms with E-state index in [0.717, 1.165) is 8.78 Å². The zero-order valence-electron chi connectivity index (χ0n) is 24.9. The van der Waals surface area contributed by atoms with Crippen LogP contribution in [0, 0.1) is 0 Å². The second kappa shape index (κ2) is 12.4. The average Bonchev–Trinajstić information content (AvgIpc) is 2.87. The van der Waals surface area contributed by atoms with Gasteiger partial charge in [0.25, 0.3) is 5.91 Å². The van der Waals surface area contributed by atoms with Gasteiger partial charge in [-0.05, 0) is 87.4 Å². The quantitative estimate of drug-likeness (QED) is 0.288. The highest BCUT2D eigenvalue weighted by molar-refractivity contribution is 9.10. The lowest BCUT2D eigenvalue weighted by Gasteiger charge is -2.41. The van der Waals surface area contributed by atoms with Crippen molar-refractivity contribution in [1.82, 2.24) is 14.7 Å². The van der Waals surface area contributed by atoms with Gasteiger partial charge < -0.3 is 18.9 Å². The molecule has 3 rings (SSSR count). The number of ether oxygens (including phenoxy) is 2. The molecule has 13 heteroatoms. The van der Waals surface area contributed by atoms with Crippen LogP contribution in [0.2, 0.25) is 18.1 Å². The Hall–Kier alpha value is -2.45. The predicted molar refractivity (Wildman–Crippen MR) is 163 cm³/mol. The third-order valence-corrected chi connectivity index (χ3v) is 13.7. The van der Waals surface area contributed by atoms with Crippen LogP contribution in [0.5, 0.6) is 11.5 Å². The monoisotopic (exact) mass is 669 g/mol. The van der Waals surface area contributed by atoms with E-state index >= 15 is 0 Å². The normalized spacial score (nSPS) is 17.2. The Morgan fingerprint density at radius 1 is 0.927 bits per heavy atom. The summed E-state index contributed by atoms with van der Waals surface area (Å²) in [7, 11) is -6.53. The summed E-state index contributed by atoms with van der Waals surface area (Å²) < 4.78 is 46.8. The number of hydroxylamine groups is 1. The summed E-state index contributed by atoms with van der Waals surface area (Å²) in [6.45, 7) is 15.0. The van der Waals surface area contributed by atoms with Crippen molar-refractivity contribution < 1.29 is 32.0 Å². The van der Waals surface area contributed by atoms with Crippen molar-refractivity contribution in [2.75, 3.05) is 19.6 Å². The topological polar surface area (TPSA) is 114 Å². The lowest BCUT2D eigenvalue weighted by atomic mass is 10.2. The van der Waals surface area contributed by atoms with Gasteiger partial charge in [-0.1, -0.05) is 36.7 Å². The summed E-state index contributed by atoms with van der Waals surface area (Å²) in [5.41, 5.74) is 1.77. The number of carbonyl (C=O) groups excluding carboxylic acids is 2. The molecule has 2 amide bonds. The van der Waals surface area contributed by atoms with Crippen molar-refractivity contribution in [3.05, 3.63) is 53.0 Å². The number of hydrogen-bond donors (Lipinski definition) is 1. The molecule has 0 bridgehead atoms. The van der Waals surface area contributed by atoms with Gasteiger partial charge in [0.15, 0.2) is 0 Å². The summed E-state index contributed by atoms with van der Waals surface area (Å²) in [6, 6.07) is 12.0. The van der Waals surface area contributed by atoms with Crippen LogP contribution in [0.25, 0.3) is 0 Å². The van der Waals surface area contributed by atoms with Crippen molar-refractivity contribution in [3.8, 4) is 11.5 Å². The van der Waals surface area contributed by atoms with Gasteiger partial charge in [-0.25, -0.2) is 18.7 Å². The molecule has 2 aromatic rings. The number of piperazine rings is 1. The number of rotatable bonds is 7. The molecular formula is C28H40BrN3O7SSi. The van der Waals surface area contributed by atoms with Crippen LogP contribution >= 0.6 is 15.9 Å². The number of amides is 2. The van der Waals surface area contributed by atoms with E-state index in [2.05, 4.69) is 21.4 Å². The van der Waals surface area contributed by atoms with E-state index in [0.29, 0.717) is 11.5 Å². The second-order valence-corrected chi connectivity index (χ2v) is 19.9. The number of hydrogen-bond acceptors (Lipinski definition) is 7. The smallest absolute Gasteiger partial charge is 0.410 e. The van der Waals surface area contributed by atoms with Crippen molar-refractivity contribution in [2.45, 2.75) is 76.2 Å². The number of benzene rings is 2. The Morgan fingerprint density at radius 3 is 1.98 bits per heavy atom. The Morgan fingerprint density at radius 2 is 1.46 bits per heavy atom. The summed E-state index contributed by atoms with van der Waals surface area (Å²) in [5, 5.41) is -0.193. The molecule has 0 spiro atoms. The standard InChI is InChI=1S/C28H40BrN3O7SSi/c1-27(2,3)38-26(34)31-17-18-32(24(19-31)25(33)30-39-41(7,8)28(4,5)6)40(35,36)23-15-13-22(14-16-23)37-21-11-9-20(29)10-12-21/h9-16,24H,17-19H2,1-8H3,(H,30,33)/t24-/m1/s1. The molecule has 2 aromatic carbocycles. The van der Waals surface area contributed by atoms with Crippen molar-refractivity contribution in [1.29, 1.82) is 0 Å². The Kier molecular flexibility index (Phi) is 10.0. The van der Waals surface area contributed by atoms with Crippen LogP contribution in [0.1, 0.15) is 41.5 Å². The van der Waals surface area contributed by atoms with Crippen LogP contribution in [0.15, 0.2) is 57.9 Å². The van der Waals surface area contributed by atoms with Crippen molar-refractivity contribution in [3.63, 3.8) is 0 Å². The molecule has 41 heavy (non-hydrogen) atoms. The van der Waals surface area contributed by atoms with Gasteiger partial charge in [0.05, 0.1) is 4.90 Å². The van der Waals surface area contributed by atoms with Gasteiger partial charge in [-0.15, -0.1) is 0 Å². The zero-order chi connectivity index (χ0) is 30.8. The first kappa shape index (κ1) is 33.1. The number of carbonyl (C=O) groups is 2. The Bertz CT molecular complexity index is 1340. The first-order chi connectivity index (χ1) is 18.8. The summed E-state index contributed by atoms with van der Waals surface area (Å²) in [6.07, 6.45) is -0.618. The SMILES string of the molecule is CC(C)(C)OC(=O)N1CCN(S(=O)(=O)c2ccc(Oc3ccc(Br)cc3)cc2)[C@@H](C(=O)NO[Si](C)(C)C(C)(C)C)C1. The molecule has 1 aliphatic rings. The Labute approximate surface area is 252 Å². The minimum Gasteiger partial charge on any atom is -0.457 e. The number of nitrogens with one attached hydrogen (secondary N) is 1. The van der Waals surface area contributed by atoms with Gasteiger partial charge in [-0.3, -0.25) is 4.79 Å². The van der Waals surface area contributed by atoms with Crippen LogP contribution in [-0.2, 0) is 24.1 Å². The van der Waals surface area contributed by atoms with Gasteiger partial charge in [0.1, 0.15) is 23.1 Å². The molecule has 1 aliphatic heterocycles. The maximum atomic E-state index is 13.8. The lowest BCUT2D eigenvalue weighted by Crippen LogP contribution is -2.62. The first-order valence-electron chi connectivity index (χ1n) is 13.3. The fourth-order valence-corrected chi connectivity index (χ4v) is 6.11. The molecule has 1 saturated heterocycles. The third-order valence-electron chi connectivity index (χ3n) is 6.98. The Balaban J connectivity index is 1.85. The van der Waals surface area contributed by atoms with Gasteiger partial charge >= 0.3 is 6.09 Å². The highest BCUT2D eigenvalue weighted by Gasteiger charge is 2.44. The number of sulfonamides is 1. The maximum Gasteiger partial charge on any atom is 0.410 e. The predicted octanol–water partition coefficient (Wildman–Crippen LogP) is 5.90. The van der Waals surface area contributed by atoms with Gasteiger partial charge in [-0.2, -0.15) is 4.31 Å². The van der Waals surface area contributed by atoms with E-state index in [9.17, 15) is 18.0 Å². The molecule has 0 aliphatic carbocycles. The molecule has 0 radical (unpaired) electrons. The summed E-state index contributed by atoms with van der Waals surface area (Å²) in [4.78, 5) is 27.6. The van der Waals surface area contributed by atoms with E-state index in [-0.39, 0.29) is 29.6 Å². The highest BCUT2D eigenvalue weighted by Crippen LogP contribution is 2.36. The molecule has 1 fully saturated rings. The lowest BCUT2D eigenvalue weighted by molar-refractivity contribution is -0.133. The van der Waals surface area contributed by atoms with Crippen molar-refractivity contribution >= 4 is 46.3 Å². The van der Waals surface area contributed by atoms with Gasteiger partial charge in [0.2, 0.25) is 18.3 Å². The molecule has 226 valence electrons. The molecule has 1 N–H and O–H groups in total. The molecule has 1 heterocycles. The fourth-order valence-electron chi connectivity index (χ4n) is 3.61. The minimum absolute atomic E-state index is 0.00510. The minimum atomic E-state index is -4.13. The molecule has 0 saturated carbocycles. The summed E-state index contributed by atoms with van der Waals surface area (Å²) >= 11 is 3.38. The number of nitrogens with zero attached hydrogens (tertiary/aromatic N) is 2. The zero-order valence-corrected chi connectivity index (χ0v) is 28.3. The van der Waals surface area contributed by atoms with Crippen LogP contribution in [0.3, 0.4) is 0 Å². The average molecular weight is 671 g/mol. The number of halogens is 1. The van der Waals surface area contributed by atoms with E-state index in [1.54, 1.807) is 45.0 Å². The van der Waals surface area contributed by atoms with E-state index in [4.69, 9.17) is 14.0 Å². The van der Waals surface area contributed by atoms with E-state index in [1.807, 2.05) is 46.0 Å². The van der Waals surface area contributed by atoms with E-state index in [1.165, 1.54) is 17.0 Å². The van der Waals surface area contributed by atoms with Gasteiger partial charge in [0, 0.05) is 24.1 Å². The molecular weight excluding hydrogens is 630 g/mol. The molecule has 0 unspecified atom stereocenters. The first-order valence-corrected chi connectivity index (χ1v) is 18.5. The van der Waals surface area contributed by atoms with Crippen LogP contribution < -0.4 is 10.2 Å². The maximum absolute atomic E-state index is 13.8. The largest absolute Gasteiger partial charge is 0.457 e. The highest BCUT2D eigenvalue weighted by atomic mass is 79.9.